The number of pyridine rings is 1. The van der Waals surface area contributed by atoms with Gasteiger partial charge in [-0.2, -0.15) is 0 Å². The van der Waals surface area contributed by atoms with Crippen molar-refractivity contribution in [1.82, 2.24) is 4.98 Å². The van der Waals surface area contributed by atoms with Gasteiger partial charge in [0, 0.05) is 36.8 Å². The van der Waals surface area contributed by atoms with E-state index in [-0.39, 0.29) is 5.91 Å². The van der Waals surface area contributed by atoms with Crippen LogP contribution in [-0.2, 0) is 6.54 Å². The largest absolute Gasteiger partial charge is 0.493 e. The maximum Gasteiger partial charge on any atom is 0.257 e. The molecule has 0 atom stereocenters. The van der Waals surface area contributed by atoms with Crippen molar-refractivity contribution in [1.29, 1.82) is 0 Å². The van der Waals surface area contributed by atoms with Crippen LogP contribution in [0.15, 0.2) is 60.9 Å². The van der Waals surface area contributed by atoms with Crippen LogP contribution in [0, 0.1) is 0 Å². The first kappa shape index (κ1) is 20.0. The Morgan fingerprint density at radius 3 is 2.21 bits per heavy atom. The monoisotopic (exact) mass is 393 g/mol. The minimum atomic E-state index is -0.296. The minimum absolute atomic E-state index is 0.296. The zero-order valence-electron chi connectivity index (χ0n) is 16.6. The fourth-order valence-corrected chi connectivity index (χ4v) is 2.82. The second-order valence-corrected chi connectivity index (χ2v) is 6.17. The summed E-state index contributed by atoms with van der Waals surface area (Å²) in [4.78, 5) is 16.9. The summed E-state index contributed by atoms with van der Waals surface area (Å²) in [5.41, 5.74) is 2.84. The first-order valence-corrected chi connectivity index (χ1v) is 8.98. The molecule has 3 rings (SSSR count). The molecule has 0 saturated carbocycles. The number of ether oxygens (including phenoxy) is 3. The van der Waals surface area contributed by atoms with Crippen molar-refractivity contribution in [2.75, 3.05) is 32.0 Å². The number of carbonyl (C=O) groups excluding carboxylic acids is 1. The molecule has 0 aliphatic carbocycles. The number of nitrogens with one attached hydrogen (secondary N) is 2. The zero-order chi connectivity index (χ0) is 20.6. The SMILES string of the molecule is COc1cc(NC(=O)c2cncc(NCc3ccccc3)c2)cc(OC)c1OC. The van der Waals surface area contributed by atoms with E-state index in [1.54, 1.807) is 24.4 Å². The molecule has 1 aromatic heterocycles. The Labute approximate surface area is 169 Å². The molecule has 0 fully saturated rings. The van der Waals surface area contributed by atoms with E-state index in [1.807, 2.05) is 30.3 Å². The van der Waals surface area contributed by atoms with Crippen LogP contribution in [-0.4, -0.2) is 32.2 Å². The summed E-state index contributed by atoms with van der Waals surface area (Å²) >= 11 is 0. The van der Waals surface area contributed by atoms with Crippen LogP contribution in [0.3, 0.4) is 0 Å². The Hall–Kier alpha value is -3.74. The molecule has 7 heteroatoms. The molecular weight excluding hydrogens is 370 g/mol. The predicted octanol–water partition coefficient (Wildman–Crippen LogP) is 3.97. The average Bonchev–Trinajstić information content (AvgIpc) is 2.77. The molecule has 1 amide bonds. The fourth-order valence-electron chi connectivity index (χ4n) is 2.82. The van der Waals surface area contributed by atoms with Crippen molar-refractivity contribution in [3.63, 3.8) is 0 Å². The van der Waals surface area contributed by atoms with Gasteiger partial charge in [0.1, 0.15) is 0 Å². The molecular formula is C22H23N3O4. The van der Waals surface area contributed by atoms with Crippen molar-refractivity contribution < 1.29 is 19.0 Å². The van der Waals surface area contributed by atoms with Gasteiger partial charge in [-0.15, -0.1) is 0 Å². The normalized spacial score (nSPS) is 10.2. The highest BCUT2D eigenvalue weighted by Gasteiger charge is 2.15. The zero-order valence-corrected chi connectivity index (χ0v) is 16.6. The first-order chi connectivity index (χ1) is 14.1. The highest BCUT2D eigenvalue weighted by atomic mass is 16.5. The molecule has 0 bridgehead atoms. The van der Waals surface area contributed by atoms with Crippen LogP contribution in [0.25, 0.3) is 0 Å². The van der Waals surface area contributed by atoms with Gasteiger partial charge < -0.3 is 24.8 Å². The summed E-state index contributed by atoms with van der Waals surface area (Å²) in [6.45, 7) is 0.639. The Bertz CT molecular complexity index is 952. The van der Waals surface area contributed by atoms with Crippen LogP contribution in [0.5, 0.6) is 17.2 Å². The van der Waals surface area contributed by atoms with E-state index in [4.69, 9.17) is 14.2 Å². The van der Waals surface area contributed by atoms with Crippen molar-refractivity contribution >= 4 is 17.3 Å². The lowest BCUT2D eigenvalue weighted by molar-refractivity contribution is 0.102. The lowest BCUT2D eigenvalue weighted by atomic mass is 10.2. The third kappa shape index (κ3) is 4.95. The number of rotatable bonds is 8. The third-order valence-corrected chi connectivity index (χ3v) is 4.26. The summed E-state index contributed by atoms with van der Waals surface area (Å²) in [5, 5.41) is 6.11. The number of carbonyl (C=O) groups is 1. The number of hydrogen-bond acceptors (Lipinski definition) is 6. The molecule has 1 heterocycles. The van der Waals surface area contributed by atoms with Crippen molar-refractivity contribution in [2.45, 2.75) is 6.54 Å². The highest BCUT2D eigenvalue weighted by Crippen LogP contribution is 2.40. The summed E-state index contributed by atoms with van der Waals surface area (Å²) < 4.78 is 15.9. The molecule has 7 nitrogen and oxygen atoms in total. The second-order valence-electron chi connectivity index (χ2n) is 6.17. The van der Waals surface area contributed by atoms with Gasteiger partial charge in [0.25, 0.3) is 5.91 Å². The number of nitrogens with zero attached hydrogens (tertiary/aromatic N) is 1. The second kappa shape index (κ2) is 9.45. The standard InChI is InChI=1S/C22H23N3O4/c1-27-19-10-17(11-20(28-2)21(19)29-3)25-22(26)16-9-18(14-23-13-16)24-12-15-7-5-4-6-8-15/h4-11,13-14,24H,12H2,1-3H3,(H,25,26). The number of methoxy groups -OCH3 is 3. The quantitative estimate of drug-likeness (QED) is 0.603. The van der Waals surface area contributed by atoms with Crippen LogP contribution >= 0.6 is 0 Å². The van der Waals surface area contributed by atoms with Crippen LogP contribution in [0.1, 0.15) is 15.9 Å². The average molecular weight is 393 g/mol. The molecule has 0 unspecified atom stereocenters. The smallest absolute Gasteiger partial charge is 0.257 e. The molecule has 2 N–H and O–H groups in total. The molecule has 0 radical (unpaired) electrons. The van der Waals surface area contributed by atoms with Gasteiger partial charge in [-0.3, -0.25) is 9.78 Å². The number of hydrogen-bond donors (Lipinski definition) is 2. The van der Waals surface area contributed by atoms with E-state index in [0.29, 0.717) is 35.0 Å². The van der Waals surface area contributed by atoms with Gasteiger partial charge in [-0.1, -0.05) is 30.3 Å². The van der Waals surface area contributed by atoms with Gasteiger partial charge in [0.2, 0.25) is 5.75 Å². The third-order valence-electron chi connectivity index (χ3n) is 4.26. The van der Waals surface area contributed by atoms with Gasteiger partial charge >= 0.3 is 0 Å². The molecule has 150 valence electrons. The predicted molar refractivity (Wildman–Crippen MR) is 112 cm³/mol. The summed E-state index contributed by atoms with van der Waals surface area (Å²) in [6, 6.07) is 15.1. The van der Waals surface area contributed by atoms with E-state index in [0.717, 1.165) is 11.3 Å². The number of aromatic nitrogens is 1. The Morgan fingerprint density at radius 2 is 1.59 bits per heavy atom. The van der Waals surface area contributed by atoms with Gasteiger partial charge in [-0.05, 0) is 11.6 Å². The topological polar surface area (TPSA) is 81.7 Å². The Balaban J connectivity index is 1.74. The van der Waals surface area contributed by atoms with Crippen molar-refractivity contribution in [2.24, 2.45) is 0 Å². The van der Waals surface area contributed by atoms with Crippen molar-refractivity contribution in [3.05, 3.63) is 72.1 Å². The van der Waals surface area contributed by atoms with Crippen LogP contribution in [0.4, 0.5) is 11.4 Å². The summed E-state index contributed by atoms with van der Waals surface area (Å²) in [6.07, 6.45) is 3.19. The first-order valence-electron chi connectivity index (χ1n) is 8.98. The van der Waals surface area contributed by atoms with E-state index in [9.17, 15) is 4.79 Å². The molecule has 0 saturated heterocycles. The molecule has 3 aromatic rings. The Morgan fingerprint density at radius 1 is 0.897 bits per heavy atom. The van der Waals surface area contributed by atoms with Gasteiger partial charge in [-0.25, -0.2) is 0 Å². The Kier molecular flexibility index (Phi) is 6.52. The molecule has 29 heavy (non-hydrogen) atoms. The van der Waals surface area contributed by atoms with Gasteiger partial charge in [0.05, 0.1) is 32.6 Å². The van der Waals surface area contributed by atoms with E-state index in [2.05, 4.69) is 15.6 Å². The number of benzene rings is 2. The van der Waals surface area contributed by atoms with Crippen molar-refractivity contribution in [3.8, 4) is 17.2 Å². The molecule has 0 aliphatic heterocycles. The fraction of sp³-hybridized carbons (Fsp3) is 0.182. The number of anilines is 2. The van der Waals surface area contributed by atoms with E-state index in [1.165, 1.54) is 27.5 Å². The van der Waals surface area contributed by atoms with E-state index >= 15 is 0 Å². The maximum absolute atomic E-state index is 12.7. The van der Waals surface area contributed by atoms with Gasteiger partial charge in [0.15, 0.2) is 11.5 Å². The lowest BCUT2D eigenvalue weighted by Gasteiger charge is -2.14. The molecule has 0 aliphatic rings. The van der Waals surface area contributed by atoms with Crippen LogP contribution in [0.2, 0.25) is 0 Å². The summed E-state index contributed by atoms with van der Waals surface area (Å²) in [7, 11) is 4.57. The number of amides is 1. The summed E-state index contributed by atoms with van der Waals surface area (Å²) in [5.74, 6) is 1.08. The maximum atomic E-state index is 12.7. The van der Waals surface area contributed by atoms with Crippen LogP contribution < -0.4 is 24.8 Å². The minimum Gasteiger partial charge on any atom is -0.493 e. The lowest BCUT2D eigenvalue weighted by Crippen LogP contribution is -2.13. The van der Waals surface area contributed by atoms with E-state index < -0.39 is 0 Å². The molecule has 0 spiro atoms. The highest BCUT2D eigenvalue weighted by molar-refractivity contribution is 6.04. The molecule has 2 aromatic carbocycles.